The molecular formula is C14H14F3NO3. The van der Waals surface area contributed by atoms with Crippen LogP contribution in [0.5, 0.6) is 5.75 Å². The fourth-order valence-corrected chi connectivity index (χ4v) is 2.06. The topological polar surface area (TPSA) is 38.8 Å². The fourth-order valence-electron chi connectivity index (χ4n) is 2.06. The Labute approximate surface area is 119 Å². The van der Waals surface area contributed by atoms with Crippen LogP contribution in [0.3, 0.4) is 0 Å². The first-order valence-electron chi connectivity index (χ1n) is 6.08. The van der Waals surface area contributed by atoms with E-state index in [9.17, 15) is 18.0 Å². The molecule has 1 aromatic carbocycles. The summed E-state index contributed by atoms with van der Waals surface area (Å²) >= 11 is 0. The summed E-state index contributed by atoms with van der Waals surface area (Å²) in [6, 6.07) is 3.20. The highest BCUT2D eigenvalue weighted by Crippen LogP contribution is 2.36. The van der Waals surface area contributed by atoms with Crippen LogP contribution in [-0.4, -0.2) is 38.5 Å². The van der Waals surface area contributed by atoms with Gasteiger partial charge in [-0.1, -0.05) is 0 Å². The zero-order chi connectivity index (χ0) is 15.8. The van der Waals surface area contributed by atoms with Crippen molar-refractivity contribution < 1.29 is 27.4 Å². The quantitative estimate of drug-likeness (QED) is 0.860. The molecular weight excluding hydrogens is 287 g/mol. The fraction of sp³-hybridized carbons (Fsp3) is 0.357. The maximum Gasteiger partial charge on any atom is 0.416 e. The normalized spacial score (nSPS) is 15.2. The van der Waals surface area contributed by atoms with Crippen LogP contribution in [0.2, 0.25) is 0 Å². The van der Waals surface area contributed by atoms with Gasteiger partial charge in [-0.3, -0.25) is 4.79 Å². The smallest absolute Gasteiger partial charge is 0.416 e. The number of ketones is 1. The molecule has 0 saturated heterocycles. The Morgan fingerprint density at radius 2 is 1.90 bits per heavy atom. The molecule has 0 fully saturated rings. The Bertz CT molecular complexity index is 606. The summed E-state index contributed by atoms with van der Waals surface area (Å²) in [6.45, 7) is -0.179. The molecule has 1 heterocycles. The minimum Gasteiger partial charge on any atom is -0.497 e. The number of hydrogen-bond donors (Lipinski definition) is 0. The van der Waals surface area contributed by atoms with Gasteiger partial charge in [0.25, 0.3) is 0 Å². The summed E-state index contributed by atoms with van der Waals surface area (Å²) in [5.74, 6) is -0.0772. The van der Waals surface area contributed by atoms with Crippen molar-refractivity contribution in [1.29, 1.82) is 0 Å². The Balaban J connectivity index is 2.63. The van der Waals surface area contributed by atoms with E-state index >= 15 is 0 Å². The molecule has 0 atom stereocenters. The van der Waals surface area contributed by atoms with Gasteiger partial charge < -0.3 is 14.4 Å². The van der Waals surface area contributed by atoms with Gasteiger partial charge in [-0.15, -0.1) is 0 Å². The molecule has 0 aliphatic carbocycles. The van der Waals surface area contributed by atoms with Crippen molar-refractivity contribution in [3.63, 3.8) is 0 Å². The highest BCUT2D eigenvalue weighted by Gasteiger charge is 2.34. The van der Waals surface area contributed by atoms with E-state index in [0.29, 0.717) is 0 Å². The SMILES string of the molecule is COc1cc(C2=C(N(C)C)OCC2=O)cc(C(F)(F)F)c1. The molecule has 0 N–H and O–H groups in total. The number of methoxy groups -OCH3 is 1. The molecule has 1 aliphatic heterocycles. The highest BCUT2D eigenvalue weighted by molar-refractivity contribution is 6.23. The van der Waals surface area contributed by atoms with Gasteiger partial charge in [0.05, 0.1) is 18.2 Å². The third-order valence-electron chi connectivity index (χ3n) is 3.00. The second-order valence-corrected chi connectivity index (χ2v) is 4.73. The number of alkyl halides is 3. The molecule has 4 nitrogen and oxygen atoms in total. The van der Waals surface area contributed by atoms with Crippen molar-refractivity contribution in [2.75, 3.05) is 27.8 Å². The average molecular weight is 301 g/mol. The highest BCUT2D eigenvalue weighted by atomic mass is 19.4. The predicted molar refractivity (Wildman–Crippen MR) is 69.6 cm³/mol. The van der Waals surface area contributed by atoms with Crippen molar-refractivity contribution in [1.82, 2.24) is 4.90 Å². The number of nitrogens with zero attached hydrogens (tertiary/aromatic N) is 1. The van der Waals surface area contributed by atoms with Crippen molar-refractivity contribution >= 4 is 11.4 Å². The third-order valence-corrected chi connectivity index (χ3v) is 3.00. The largest absolute Gasteiger partial charge is 0.497 e. The minimum absolute atomic E-state index is 0.0325. The lowest BCUT2D eigenvalue weighted by Crippen LogP contribution is -2.13. The Hall–Kier alpha value is -2.18. The van der Waals surface area contributed by atoms with Gasteiger partial charge >= 0.3 is 6.18 Å². The summed E-state index contributed by atoms with van der Waals surface area (Å²) < 4.78 is 48.9. The molecule has 114 valence electrons. The number of Topliss-reactive ketones (excluding diaryl/α,β-unsaturated/α-hetero) is 1. The monoisotopic (exact) mass is 301 g/mol. The van der Waals surface area contributed by atoms with Crippen LogP contribution in [-0.2, 0) is 15.7 Å². The second-order valence-electron chi connectivity index (χ2n) is 4.73. The van der Waals surface area contributed by atoms with Crippen LogP contribution in [0.4, 0.5) is 13.2 Å². The van der Waals surface area contributed by atoms with Crippen molar-refractivity contribution in [2.45, 2.75) is 6.18 Å². The van der Waals surface area contributed by atoms with Gasteiger partial charge in [0.2, 0.25) is 11.7 Å². The summed E-state index contributed by atoms with van der Waals surface area (Å²) in [6.07, 6.45) is -4.52. The molecule has 0 aromatic heterocycles. The van der Waals surface area contributed by atoms with Gasteiger partial charge in [-0.25, -0.2) is 0 Å². The second kappa shape index (κ2) is 5.31. The van der Waals surface area contributed by atoms with E-state index in [1.54, 1.807) is 19.0 Å². The third kappa shape index (κ3) is 2.96. The number of rotatable bonds is 3. The summed E-state index contributed by atoms with van der Waals surface area (Å²) in [5, 5.41) is 0. The molecule has 21 heavy (non-hydrogen) atoms. The Kier molecular flexibility index (Phi) is 3.85. The van der Waals surface area contributed by atoms with Crippen molar-refractivity contribution in [3.05, 3.63) is 35.2 Å². The number of halogens is 3. The van der Waals surface area contributed by atoms with Gasteiger partial charge in [0, 0.05) is 14.1 Å². The Morgan fingerprint density at radius 1 is 1.24 bits per heavy atom. The van der Waals surface area contributed by atoms with Crippen LogP contribution in [0.1, 0.15) is 11.1 Å². The summed E-state index contributed by atoms with van der Waals surface area (Å²) in [4.78, 5) is 13.5. The molecule has 0 saturated carbocycles. The summed E-state index contributed by atoms with van der Waals surface area (Å²) in [7, 11) is 4.57. The van der Waals surface area contributed by atoms with E-state index < -0.39 is 11.7 Å². The van der Waals surface area contributed by atoms with E-state index in [0.717, 1.165) is 12.1 Å². The van der Waals surface area contributed by atoms with Crippen LogP contribution in [0.25, 0.3) is 5.57 Å². The van der Waals surface area contributed by atoms with E-state index in [1.165, 1.54) is 13.2 Å². The van der Waals surface area contributed by atoms with Gasteiger partial charge in [-0.05, 0) is 23.8 Å². The average Bonchev–Trinajstić information content (AvgIpc) is 2.79. The van der Waals surface area contributed by atoms with E-state index in [2.05, 4.69) is 0 Å². The van der Waals surface area contributed by atoms with Gasteiger partial charge in [0.1, 0.15) is 5.75 Å². The first kappa shape index (κ1) is 15.2. The predicted octanol–water partition coefficient (Wildman–Crippen LogP) is 2.54. The molecule has 0 unspecified atom stereocenters. The van der Waals surface area contributed by atoms with E-state index in [1.807, 2.05) is 0 Å². The van der Waals surface area contributed by atoms with Gasteiger partial charge in [-0.2, -0.15) is 13.2 Å². The lowest BCUT2D eigenvalue weighted by Gasteiger charge is -2.16. The van der Waals surface area contributed by atoms with Crippen LogP contribution in [0, 0.1) is 0 Å². The van der Waals surface area contributed by atoms with E-state index in [-0.39, 0.29) is 35.2 Å². The first-order valence-corrected chi connectivity index (χ1v) is 6.08. The minimum atomic E-state index is -4.52. The maximum atomic E-state index is 12.9. The molecule has 0 bridgehead atoms. The Morgan fingerprint density at radius 3 is 2.43 bits per heavy atom. The number of carbonyl (C=O) groups is 1. The first-order chi connectivity index (χ1) is 9.74. The number of ether oxygens (including phenoxy) is 2. The van der Waals surface area contributed by atoms with E-state index in [4.69, 9.17) is 9.47 Å². The van der Waals surface area contributed by atoms with Crippen molar-refractivity contribution in [2.24, 2.45) is 0 Å². The zero-order valence-corrected chi connectivity index (χ0v) is 11.7. The van der Waals surface area contributed by atoms with Crippen LogP contribution in [0.15, 0.2) is 24.1 Å². The number of carbonyl (C=O) groups excluding carboxylic acids is 1. The maximum absolute atomic E-state index is 12.9. The molecule has 1 aromatic rings. The lowest BCUT2D eigenvalue weighted by atomic mass is 10.00. The molecule has 0 amide bonds. The molecule has 0 radical (unpaired) electrons. The molecule has 7 heteroatoms. The zero-order valence-electron chi connectivity index (χ0n) is 11.7. The standard InChI is InChI=1S/C14H14F3NO3/c1-18(2)13-12(11(19)7-21-13)8-4-9(14(15,16)17)6-10(5-8)20-3/h4-6H,7H2,1-3H3. The number of hydrogen-bond acceptors (Lipinski definition) is 4. The number of benzene rings is 1. The van der Waals surface area contributed by atoms with Crippen LogP contribution >= 0.6 is 0 Å². The molecule has 0 spiro atoms. The molecule has 1 aliphatic rings. The van der Waals surface area contributed by atoms with Crippen LogP contribution < -0.4 is 4.74 Å². The summed E-state index contributed by atoms with van der Waals surface area (Å²) in [5.41, 5.74) is -0.612. The molecule has 2 rings (SSSR count). The van der Waals surface area contributed by atoms with Gasteiger partial charge in [0.15, 0.2) is 6.61 Å². The lowest BCUT2D eigenvalue weighted by molar-refractivity contribution is -0.137. The van der Waals surface area contributed by atoms with Crippen molar-refractivity contribution in [3.8, 4) is 5.75 Å².